The Morgan fingerprint density at radius 3 is 2.87 bits per heavy atom. The highest BCUT2D eigenvalue weighted by Gasteiger charge is 2.19. The number of nitrogens with zero attached hydrogens (tertiary/aromatic N) is 2. The summed E-state index contributed by atoms with van der Waals surface area (Å²) in [7, 11) is 0. The van der Waals surface area contributed by atoms with E-state index in [-0.39, 0.29) is 18.5 Å². The second-order valence-electron chi connectivity index (χ2n) is 5.35. The SMILES string of the molecule is O=C(CN1CCCNC1=O)NCc1ccc(-c2cnco2)cc1. The Morgan fingerprint density at radius 1 is 1.35 bits per heavy atom. The van der Waals surface area contributed by atoms with E-state index >= 15 is 0 Å². The van der Waals surface area contributed by atoms with Crippen LogP contribution >= 0.6 is 0 Å². The number of urea groups is 1. The molecule has 7 nitrogen and oxygen atoms in total. The zero-order chi connectivity index (χ0) is 16.1. The standard InChI is InChI=1S/C16H18N4O3/c21-15(10-20-7-1-6-18-16(20)22)19-8-12-2-4-13(5-3-12)14-9-17-11-23-14/h2-5,9,11H,1,6-8,10H2,(H,18,22)(H,19,21). The highest BCUT2D eigenvalue weighted by molar-refractivity contribution is 5.84. The van der Waals surface area contributed by atoms with Gasteiger partial charge in [0.05, 0.1) is 6.20 Å². The molecule has 1 aliphatic heterocycles. The molecule has 23 heavy (non-hydrogen) atoms. The van der Waals surface area contributed by atoms with E-state index < -0.39 is 0 Å². The molecule has 0 saturated carbocycles. The molecule has 0 radical (unpaired) electrons. The predicted octanol–water partition coefficient (Wildman–Crippen LogP) is 1.37. The van der Waals surface area contributed by atoms with Crippen molar-refractivity contribution >= 4 is 11.9 Å². The molecule has 0 atom stereocenters. The van der Waals surface area contributed by atoms with Crippen LogP contribution in [0.25, 0.3) is 11.3 Å². The summed E-state index contributed by atoms with van der Waals surface area (Å²) in [5, 5.41) is 5.55. The van der Waals surface area contributed by atoms with Gasteiger partial charge in [0.1, 0.15) is 6.54 Å². The van der Waals surface area contributed by atoms with E-state index in [4.69, 9.17) is 4.42 Å². The largest absolute Gasteiger partial charge is 0.444 e. The molecule has 0 spiro atoms. The van der Waals surface area contributed by atoms with Crippen molar-refractivity contribution in [3.8, 4) is 11.3 Å². The second kappa shape index (κ2) is 6.95. The molecule has 0 bridgehead atoms. The van der Waals surface area contributed by atoms with Gasteiger partial charge < -0.3 is 20.0 Å². The quantitative estimate of drug-likeness (QED) is 0.872. The van der Waals surface area contributed by atoms with Gasteiger partial charge in [-0.3, -0.25) is 4.79 Å². The van der Waals surface area contributed by atoms with Crippen molar-refractivity contribution in [2.45, 2.75) is 13.0 Å². The van der Waals surface area contributed by atoms with Crippen LogP contribution in [0, 0.1) is 0 Å². The van der Waals surface area contributed by atoms with Crippen LogP contribution < -0.4 is 10.6 Å². The smallest absolute Gasteiger partial charge is 0.317 e. The van der Waals surface area contributed by atoms with Gasteiger partial charge in [-0.05, 0) is 12.0 Å². The highest BCUT2D eigenvalue weighted by atomic mass is 16.3. The molecule has 1 aromatic heterocycles. The number of benzene rings is 1. The Kier molecular flexibility index (Phi) is 4.56. The van der Waals surface area contributed by atoms with Crippen LogP contribution in [0.4, 0.5) is 4.79 Å². The molecule has 1 saturated heterocycles. The predicted molar refractivity (Wildman–Crippen MR) is 83.4 cm³/mol. The fourth-order valence-corrected chi connectivity index (χ4v) is 2.40. The zero-order valence-corrected chi connectivity index (χ0v) is 12.6. The molecule has 2 N–H and O–H groups in total. The number of hydrogen-bond donors (Lipinski definition) is 2. The van der Waals surface area contributed by atoms with Crippen LogP contribution in [0.15, 0.2) is 41.3 Å². The zero-order valence-electron chi connectivity index (χ0n) is 12.6. The van der Waals surface area contributed by atoms with E-state index in [9.17, 15) is 9.59 Å². The summed E-state index contributed by atoms with van der Waals surface area (Å²) in [4.78, 5) is 28.9. The van der Waals surface area contributed by atoms with Crippen LogP contribution in [0.1, 0.15) is 12.0 Å². The number of carbonyl (C=O) groups excluding carboxylic acids is 2. The molecular formula is C16H18N4O3. The Morgan fingerprint density at radius 2 is 2.17 bits per heavy atom. The van der Waals surface area contributed by atoms with E-state index in [0.29, 0.717) is 25.4 Å². The normalized spacial score (nSPS) is 14.4. The molecule has 120 valence electrons. The van der Waals surface area contributed by atoms with Crippen molar-refractivity contribution in [3.05, 3.63) is 42.4 Å². The van der Waals surface area contributed by atoms with Crippen molar-refractivity contribution < 1.29 is 14.0 Å². The maximum Gasteiger partial charge on any atom is 0.317 e. The third-order valence-corrected chi connectivity index (χ3v) is 3.66. The Labute approximate surface area is 133 Å². The lowest BCUT2D eigenvalue weighted by molar-refractivity contribution is -0.121. The van der Waals surface area contributed by atoms with Crippen molar-refractivity contribution in [2.75, 3.05) is 19.6 Å². The minimum atomic E-state index is -0.178. The molecular weight excluding hydrogens is 296 g/mol. The summed E-state index contributed by atoms with van der Waals surface area (Å²) in [5.74, 6) is 0.540. The number of hydrogen-bond acceptors (Lipinski definition) is 4. The second-order valence-corrected chi connectivity index (χ2v) is 5.35. The molecule has 2 aromatic rings. The Hall–Kier alpha value is -2.83. The first-order valence-corrected chi connectivity index (χ1v) is 7.49. The lowest BCUT2D eigenvalue weighted by Gasteiger charge is -2.26. The molecule has 3 rings (SSSR count). The van der Waals surface area contributed by atoms with Crippen molar-refractivity contribution in [1.82, 2.24) is 20.5 Å². The first-order valence-electron chi connectivity index (χ1n) is 7.49. The van der Waals surface area contributed by atoms with Gasteiger partial charge in [0.15, 0.2) is 12.2 Å². The third-order valence-electron chi connectivity index (χ3n) is 3.66. The minimum Gasteiger partial charge on any atom is -0.444 e. The van der Waals surface area contributed by atoms with Crippen LogP contribution in [-0.4, -0.2) is 41.5 Å². The van der Waals surface area contributed by atoms with Crippen LogP contribution in [0.3, 0.4) is 0 Å². The van der Waals surface area contributed by atoms with Gasteiger partial charge in [0, 0.05) is 25.2 Å². The summed E-state index contributed by atoms with van der Waals surface area (Å²) in [6.45, 7) is 1.80. The van der Waals surface area contributed by atoms with Crippen LogP contribution in [0.5, 0.6) is 0 Å². The summed E-state index contributed by atoms with van der Waals surface area (Å²) in [5.41, 5.74) is 1.91. The maximum absolute atomic E-state index is 11.9. The molecule has 1 aliphatic rings. The van der Waals surface area contributed by atoms with Crippen molar-refractivity contribution in [3.63, 3.8) is 0 Å². The number of nitrogens with one attached hydrogen (secondary N) is 2. The van der Waals surface area contributed by atoms with Gasteiger partial charge in [0.25, 0.3) is 0 Å². The number of aromatic nitrogens is 1. The number of amides is 3. The average molecular weight is 314 g/mol. The van der Waals surface area contributed by atoms with E-state index in [1.807, 2.05) is 24.3 Å². The summed E-state index contributed by atoms with van der Waals surface area (Å²) < 4.78 is 5.23. The summed E-state index contributed by atoms with van der Waals surface area (Å²) in [6, 6.07) is 7.50. The minimum absolute atomic E-state index is 0.0853. The highest BCUT2D eigenvalue weighted by Crippen LogP contribution is 2.18. The third kappa shape index (κ3) is 3.88. The molecule has 2 heterocycles. The fraction of sp³-hybridized carbons (Fsp3) is 0.312. The molecule has 1 fully saturated rings. The fourth-order valence-electron chi connectivity index (χ4n) is 2.40. The van der Waals surface area contributed by atoms with E-state index in [0.717, 1.165) is 17.5 Å². The monoisotopic (exact) mass is 314 g/mol. The first-order chi connectivity index (χ1) is 11.2. The van der Waals surface area contributed by atoms with E-state index in [2.05, 4.69) is 15.6 Å². The van der Waals surface area contributed by atoms with Gasteiger partial charge in [0.2, 0.25) is 5.91 Å². The molecule has 7 heteroatoms. The molecule has 1 aromatic carbocycles. The first kappa shape index (κ1) is 15.1. The van der Waals surface area contributed by atoms with Gasteiger partial charge in [-0.1, -0.05) is 24.3 Å². The van der Waals surface area contributed by atoms with Gasteiger partial charge in [-0.15, -0.1) is 0 Å². The van der Waals surface area contributed by atoms with E-state index in [1.54, 1.807) is 6.20 Å². The maximum atomic E-state index is 11.9. The van der Waals surface area contributed by atoms with Crippen LogP contribution in [0.2, 0.25) is 0 Å². The number of oxazole rings is 1. The molecule has 0 aliphatic carbocycles. The Balaban J connectivity index is 1.50. The van der Waals surface area contributed by atoms with Gasteiger partial charge >= 0.3 is 6.03 Å². The van der Waals surface area contributed by atoms with Crippen molar-refractivity contribution in [1.29, 1.82) is 0 Å². The summed E-state index contributed by atoms with van der Waals surface area (Å²) in [6.07, 6.45) is 3.91. The van der Waals surface area contributed by atoms with Crippen molar-refractivity contribution in [2.24, 2.45) is 0 Å². The topological polar surface area (TPSA) is 87.5 Å². The number of rotatable bonds is 5. The lowest BCUT2D eigenvalue weighted by Crippen LogP contribution is -2.50. The molecule has 0 unspecified atom stereocenters. The lowest BCUT2D eigenvalue weighted by atomic mass is 10.1. The Bertz CT molecular complexity index is 667. The van der Waals surface area contributed by atoms with E-state index in [1.165, 1.54) is 11.3 Å². The average Bonchev–Trinajstić information content (AvgIpc) is 3.10. The van der Waals surface area contributed by atoms with Gasteiger partial charge in [-0.2, -0.15) is 0 Å². The number of carbonyl (C=O) groups is 2. The van der Waals surface area contributed by atoms with Crippen LogP contribution in [-0.2, 0) is 11.3 Å². The summed E-state index contributed by atoms with van der Waals surface area (Å²) >= 11 is 0. The molecule has 3 amide bonds. The van der Waals surface area contributed by atoms with Gasteiger partial charge in [-0.25, -0.2) is 9.78 Å².